The second-order valence-electron chi connectivity index (χ2n) is 8.19. The van der Waals surface area contributed by atoms with Crippen LogP contribution in [0, 0.1) is 0 Å². The second-order valence-corrected chi connectivity index (χ2v) is 8.19. The summed E-state index contributed by atoms with van der Waals surface area (Å²) >= 11 is 0. The molecule has 176 valence electrons. The first-order valence-corrected chi connectivity index (χ1v) is 11.7. The Morgan fingerprint density at radius 3 is 2.44 bits per heavy atom. The molecule has 34 heavy (non-hydrogen) atoms. The number of hydrogen-bond donors (Lipinski definition) is 1. The van der Waals surface area contributed by atoms with Crippen LogP contribution in [0.3, 0.4) is 0 Å². The third-order valence-electron chi connectivity index (χ3n) is 5.81. The lowest BCUT2D eigenvalue weighted by molar-refractivity contribution is 0.312. The van der Waals surface area contributed by atoms with Crippen molar-refractivity contribution in [1.29, 1.82) is 0 Å². The Hall–Kier alpha value is -3.78. The Balaban J connectivity index is 0.00000133. The number of hydrogen-bond acceptors (Lipinski definition) is 7. The molecule has 0 aromatic carbocycles. The monoisotopic (exact) mass is 456 g/mol. The highest BCUT2D eigenvalue weighted by molar-refractivity contribution is 5.86. The summed E-state index contributed by atoms with van der Waals surface area (Å²) in [7, 11) is 4.06. The number of anilines is 2. The van der Waals surface area contributed by atoms with Crippen LogP contribution in [0.15, 0.2) is 61.8 Å². The largest absolute Gasteiger partial charge is 0.354 e. The van der Waals surface area contributed by atoms with Crippen molar-refractivity contribution >= 4 is 28.2 Å². The van der Waals surface area contributed by atoms with E-state index in [0.717, 1.165) is 71.1 Å². The number of likely N-dealkylation sites (N-methyl/N-ethyl adjacent to an activating group) is 1. The van der Waals surface area contributed by atoms with E-state index in [0.29, 0.717) is 0 Å². The summed E-state index contributed by atoms with van der Waals surface area (Å²) in [5.41, 5.74) is 4.68. The molecule has 8 heteroatoms. The van der Waals surface area contributed by atoms with E-state index >= 15 is 0 Å². The summed E-state index contributed by atoms with van der Waals surface area (Å²) in [6.07, 6.45) is 9.29. The van der Waals surface area contributed by atoms with Gasteiger partial charge in [0.25, 0.3) is 0 Å². The molecular weight excluding hydrogens is 424 g/mol. The van der Waals surface area contributed by atoms with Crippen molar-refractivity contribution < 1.29 is 0 Å². The second kappa shape index (κ2) is 10.4. The molecule has 1 fully saturated rings. The zero-order chi connectivity index (χ0) is 24.1. The van der Waals surface area contributed by atoms with Crippen LogP contribution in [-0.2, 0) is 7.05 Å². The molecule has 0 saturated carbocycles. The zero-order valence-electron chi connectivity index (χ0n) is 20.4. The molecule has 0 unspecified atom stereocenters. The first-order chi connectivity index (χ1) is 16.5. The first-order valence-electron chi connectivity index (χ1n) is 11.7. The van der Waals surface area contributed by atoms with Crippen molar-refractivity contribution in [2.75, 3.05) is 43.4 Å². The fourth-order valence-corrected chi connectivity index (χ4v) is 3.87. The topological polar surface area (TPSA) is 75.0 Å². The molecule has 0 atom stereocenters. The summed E-state index contributed by atoms with van der Waals surface area (Å²) in [6.45, 7) is 12.3. The molecule has 5 rings (SSSR count). The number of pyridine rings is 3. The Kier molecular flexibility index (Phi) is 7.18. The lowest BCUT2D eigenvalue weighted by Crippen LogP contribution is -2.44. The maximum Gasteiger partial charge on any atom is 0.131 e. The van der Waals surface area contributed by atoms with E-state index in [1.54, 1.807) is 10.9 Å². The van der Waals surface area contributed by atoms with Gasteiger partial charge < -0.3 is 15.1 Å². The molecule has 1 aliphatic rings. The molecular formula is C26H32N8. The van der Waals surface area contributed by atoms with Gasteiger partial charge >= 0.3 is 0 Å². The van der Waals surface area contributed by atoms with Crippen molar-refractivity contribution in [3.05, 3.63) is 67.4 Å². The van der Waals surface area contributed by atoms with Gasteiger partial charge in [-0.15, -0.1) is 0 Å². The smallest absolute Gasteiger partial charge is 0.131 e. The highest BCUT2D eigenvalue weighted by Crippen LogP contribution is 2.25. The van der Waals surface area contributed by atoms with Crippen LogP contribution >= 0.6 is 0 Å². The molecule has 4 aromatic heterocycles. The van der Waals surface area contributed by atoms with Crippen molar-refractivity contribution in [3.63, 3.8) is 0 Å². The van der Waals surface area contributed by atoms with Gasteiger partial charge in [0.1, 0.15) is 11.6 Å². The van der Waals surface area contributed by atoms with Crippen LogP contribution in [0.5, 0.6) is 0 Å². The molecule has 0 radical (unpaired) electrons. The predicted octanol–water partition coefficient (Wildman–Crippen LogP) is 4.29. The summed E-state index contributed by atoms with van der Waals surface area (Å²) in [6, 6.07) is 8.16. The molecule has 0 amide bonds. The minimum Gasteiger partial charge on any atom is -0.354 e. The highest BCUT2D eigenvalue weighted by atomic mass is 15.3. The molecule has 1 N–H and O–H groups in total. The third kappa shape index (κ3) is 5.23. The quantitative estimate of drug-likeness (QED) is 0.480. The first kappa shape index (κ1) is 23.4. The number of piperazine rings is 1. The van der Waals surface area contributed by atoms with Gasteiger partial charge in [0.05, 0.1) is 17.9 Å². The van der Waals surface area contributed by atoms with Crippen molar-refractivity contribution in [1.82, 2.24) is 29.6 Å². The lowest BCUT2D eigenvalue weighted by Gasteiger charge is -2.33. The van der Waals surface area contributed by atoms with Gasteiger partial charge in [-0.3, -0.25) is 9.67 Å². The highest BCUT2D eigenvalue weighted by Gasteiger charge is 2.16. The van der Waals surface area contributed by atoms with Crippen molar-refractivity contribution in [2.24, 2.45) is 7.05 Å². The Morgan fingerprint density at radius 1 is 0.912 bits per heavy atom. The number of rotatable bonds is 5. The molecule has 5 heterocycles. The van der Waals surface area contributed by atoms with Crippen LogP contribution in [0.25, 0.3) is 27.7 Å². The number of aromatic nitrogens is 5. The van der Waals surface area contributed by atoms with Crippen LogP contribution in [0.1, 0.15) is 19.4 Å². The van der Waals surface area contributed by atoms with Crippen LogP contribution in [-0.4, -0.2) is 62.9 Å². The minimum absolute atomic E-state index is 0.727. The SMILES string of the molecule is C=C(Nc1cc2cc(-c3cnn(C)c3)cnc2cn1)c1ccnc(N2CCN(C)CC2)c1.CC. The van der Waals surface area contributed by atoms with E-state index in [9.17, 15) is 0 Å². The van der Waals surface area contributed by atoms with Gasteiger partial charge in [0.2, 0.25) is 0 Å². The van der Waals surface area contributed by atoms with Crippen LogP contribution < -0.4 is 10.2 Å². The van der Waals surface area contributed by atoms with Gasteiger partial charge in [0.15, 0.2) is 0 Å². The van der Waals surface area contributed by atoms with Crippen LogP contribution in [0.4, 0.5) is 11.6 Å². The van der Waals surface area contributed by atoms with Crippen molar-refractivity contribution in [2.45, 2.75) is 13.8 Å². The average Bonchev–Trinajstić information content (AvgIpc) is 3.31. The summed E-state index contributed by atoms with van der Waals surface area (Å²) in [5.74, 6) is 1.71. The van der Waals surface area contributed by atoms with E-state index in [-0.39, 0.29) is 0 Å². The maximum absolute atomic E-state index is 4.57. The Morgan fingerprint density at radius 2 is 1.71 bits per heavy atom. The fraction of sp³-hybridized carbons (Fsp3) is 0.308. The molecule has 8 nitrogen and oxygen atoms in total. The lowest BCUT2D eigenvalue weighted by atomic mass is 10.1. The summed E-state index contributed by atoms with van der Waals surface area (Å²) in [4.78, 5) is 18.3. The predicted molar refractivity (Wildman–Crippen MR) is 140 cm³/mol. The molecule has 1 aliphatic heterocycles. The number of nitrogens with one attached hydrogen (secondary N) is 1. The van der Waals surface area contributed by atoms with Crippen molar-refractivity contribution in [3.8, 4) is 11.1 Å². The van der Waals surface area contributed by atoms with Gasteiger partial charge in [-0.05, 0) is 31.3 Å². The fourth-order valence-electron chi connectivity index (χ4n) is 3.87. The number of fused-ring (bicyclic) bond motifs is 1. The van der Waals surface area contributed by atoms with E-state index in [2.05, 4.69) is 60.9 Å². The number of nitrogens with zero attached hydrogens (tertiary/aromatic N) is 7. The summed E-state index contributed by atoms with van der Waals surface area (Å²) in [5, 5.41) is 8.60. The number of aryl methyl sites for hydroxylation is 1. The Bertz CT molecular complexity index is 1270. The van der Waals surface area contributed by atoms with E-state index < -0.39 is 0 Å². The van der Waals surface area contributed by atoms with Crippen LogP contribution in [0.2, 0.25) is 0 Å². The standard InChI is InChI=1S/C24H26N8.C2H6/c1-17(18-4-5-25-24(12-18)32-8-6-30(2)7-9-32)29-23-11-19-10-20(13-26-22(19)15-27-23)21-14-28-31(3)16-21;1-2/h4-5,10-16H,1,6-9H2,2-3H3,(H,27,29);1-2H3. The zero-order valence-corrected chi connectivity index (χ0v) is 20.4. The molecule has 0 spiro atoms. The van der Waals surface area contributed by atoms with Gasteiger partial charge in [-0.1, -0.05) is 20.4 Å². The minimum atomic E-state index is 0.727. The van der Waals surface area contributed by atoms with Gasteiger partial charge in [-0.25, -0.2) is 9.97 Å². The van der Waals surface area contributed by atoms with E-state index in [1.807, 2.05) is 57.8 Å². The average molecular weight is 457 g/mol. The molecule has 4 aromatic rings. The molecule has 0 aliphatic carbocycles. The third-order valence-corrected chi connectivity index (χ3v) is 5.81. The van der Waals surface area contributed by atoms with E-state index in [1.165, 1.54) is 0 Å². The van der Waals surface area contributed by atoms with E-state index in [4.69, 9.17) is 0 Å². The van der Waals surface area contributed by atoms with Gasteiger partial charge in [-0.2, -0.15) is 5.10 Å². The maximum atomic E-state index is 4.57. The van der Waals surface area contributed by atoms with Gasteiger partial charge in [0, 0.05) is 79.6 Å². The molecule has 1 saturated heterocycles. The summed E-state index contributed by atoms with van der Waals surface area (Å²) < 4.78 is 1.79. The normalized spacial score (nSPS) is 13.9. The Labute approximate surface area is 201 Å². The molecule has 0 bridgehead atoms.